The number of carboxylic acid groups (broad SMARTS) is 2. The fourth-order valence-electron chi connectivity index (χ4n) is 3.24. The molecule has 1 saturated heterocycles. The SMILES string of the molecule is CC(C)C(NC(=O)C1CCCN1C(=O)C(N)CC(N)=O)C(=O)NC(CC(=O)O)C(=O)O. The highest BCUT2D eigenvalue weighted by Gasteiger charge is 2.38. The van der Waals surface area contributed by atoms with E-state index in [0.717, 1.165) is 0 Å². The molecule has 13 heteroatoms. The Morgan fingerprint density at radius 1 is 1.06 bits per heavy atom. The molecule has 13 nitrogen and oxygen atoms in total. The van der Waals surface area contributed by atoms with Gasteiger partial charge < -0.3 is 37.2 Å². The van der Waals surface area contributed by atoms with Crippen molar-refractivity contribution < 1.29 is 39.0 Å². The van der Waals surface area contributed by atoms with Crippen molar-refractivity contribution in [1.82, 2.24) is 15.5 Å². The van der Waals surface area contributed by atoms with Crippen molar-refractivity contribution >= 4 is 35.6 Å². The molecule has 174 valence electrons. The molecule has 8 N–H and O–H groups in total. The highest BCUT2D eigenvalue weighted by atomic mass is 16.4. The standard InChI is InChI=1S/C18H29N5O8/c1-8(2)14(16(28)21-10(18(30)31)7-13(25)26)22-15(27)11-4-3-5-23(11)17(29)9(19)6-12(20)24/h8-11,14H,3-7,19H2,1-2H3,(H2,20,24)(H,21,28)(H,22,27)(H,25,26)(H,30,31). The molecule has 0 aromatic rings. The number of nitrogens with zero attached hydrogens (tertiary/aromatic N) is 1. The van der Waals surface area contributed by atoms with E-state index in [1.165, 1.54) is 4.90 Å². The van der Waals surface area contributed by atoms with Crippen LogP contribution in [0.1, 0.15) is 39.5 Å². The maximum Gasteiger partial charge on any atom is 0.326 e. The maximum absolute atomic E-state index is 12.8. The van der Waals surface area contributed by atoms with Crippen LogP contribution in [0, 0.1) is 5.92 Å². The lowest BCUT2D eigenvalue weighted by Crippen LogP contribution is -2.58. The van der Waals surface area contributed by atoms with E-state index in [9.17, 15) is 28.8 Å². The monoisotopic (exact) mass is 443 g/mol. The number of rotatable bonds is 11. The number of nitrogens with one attached hydrogen (secondary N) is 2. The van der Waals surface area contributed by atoms with Gasteiger partial charge >= 0.3 is 11.9 Å². The van der Waals surface area contributed by atoms with Crippen LogP contribution in [0.4, 0.5) is 0 Å². The maximum atomic E-state index is 12.8. The number of carbonyl (C=O) groups is 6. The Hall–Kier alpha value is -3.22. The van der Waals surface area contributed by atoms with Gasteiger partial charge in [0.05, 0.1) is 18.9 Å². The highest BCUT2D eigenvalue weighted by Crippen LogP contribution is 2.19. The zero-order valence-electron chi connectivity index (χ0n) is 17.4. The van der Waals surface area contributed by atoms with Crippen LogP contribution in [0.5, 0.6) is 0 Å². The van der Waals surface area contributed by atoms with E-state index in [-0.39, 0.29) is 13.0 Å². The second kappa shape index (κ2) is 11.2. The third-order valence-electron chi connectivity index (χ3n) is 4.82. The highest BCUT2D eigenvalue weighted by molar-refractivity contribution is 5.95. The van der Waals surface area contributed by atoms with Crippen LogP contribution >= 0.6 is 0 Å². The van der Waals surface area contributed by atoms with Crippen molar-refractivity contribution in [3.63, 3.8) is 0 Å². The summed E-state index contributed by atoms with van der Waals surface area (Å²) in [5, 5.41) is 22.5. The number of aliphatic carboxylic acids is 2. The molecule has 0 aliphatic carbocycles. The van der Waals surface area contributed by atoms with Gasteiger partial charge in [-0.25, -0.2) is 4.79 Å². The van der Waals surface area contributed by atoms with Gasteiger partial charge in [-0.15, -0.1) is 0 Å². The molecule has 1 rings (SSSR count). The molecule has 0 spiro atoms. The zero-order valence-corrected chi connectivity index (χ0v) is 17.4. The number of primary amides is 1. The summed E-state index contributed by atoms with van der Waals surface area (Å²) in [4.78, 5) is 72.1. The average Bonchev–Trinajstić information content (AvgIpc) is 3.13. The molecular formula is C18H29N5O8. The molecule has 0 bridgehead atoms. The van der Waals surface area contributed by atoms with Crippen LogP contribution in [0.2, 0.25) is 0 Å². The van der Waals surface area contributed by atoms with Crippen molar-refractivity contribution in [2.45, 2.75) is 63.7 Å². The van der Waals surface area contributed by atoms with E-state index in [2.05, 4.69) is 10.6 Å². The second-order valence-corrected chi connectivity index (χ2v) is 7.69. The Morgan fingerprint density at radius 2 is 1.68 bits per heavy atom. The lowest BCUT2D eigenvalue weighted by Gasteiger charge is -2.29. The van der Waals surface area contributed by atoms with Gasteiger partial charge in [-0.05, 0) is 18.8 Å². The van der Waals surface area contributed by atoms with E-state index in [1.54, 1.807) is 13.8 Å². The fourth-order valence-corrected chi connectivity index (χ4v) is 3.24. The summed E-state index contributed by atoms with van der Waals surface area (Å²) in [6, 6.07) is -4.95. The van der Waals surface area contributed by atoms with Crippen LogP contribution < -0.4 is 22.1 Å². The number of carbonyl (C=O) groups excluding carboxylic acids is 4. The fraction of sp³-hybridized carbons (Fsp3) is 0.667. The van der Waals surface area contributed by atoms with Gasteiger partial charge in [-0.2, -0.15) is 0 Å². The van der Waals surface area contributed by atoms with Crippen molar-refractivity contribution in [1.29, 1.82) is 0 Å². The average molecular weight is 443 g/mol. The van der Waals surface area contributed by atoms with Crippen molar-refractivity contribution in [2.24, 2.45) is 17.4 Å². The molecule has 4 atom stereocenters. The number of carboxylic acids is 2. The number of nitrogens with two attached hydrogens (primary N) is 2. The molecule has 4 amide bonds. The first-order chi connectivity index (χ1) is 14.3. The lowest BCUT2D eigenvalue weighted by molar-refractivity contribution is -0.147. The molecule has 0 aromatic carbocycles. The predicted octanol–water partition coefficient (Wildman–Crippen LogP) is -2.63. The van der Waals surface area contributed by atoms with Gasteiger partial charge in [0.25, 0.3) is 0 Å². The van der Waals surface area contributed by atoms with Gasteiger partial charge in [0, 0.05) is 6.54 Å². The molecule has 1 aliphatic rings. The predicted molar refractivity (Wildman–Crippen MR) is 105 cm³/mol. The Balaban J connectivity index is 2.89. The van der Waals surface area contributed by atoms with Crippen molar-refractivity contribution in [2.75, 3.05) is 6.54 Å². The summed E-state index contributed by atoms with van der Waals surface area (Å²) in [6.07, 6.45) is -0.390. The van der Waals surface area contributed by atoms with Crippen LogP contribution in [-0.2, 0) is 28.8 Å². The van der Waals surface area contributed by atoms with E-state index in [4.69, 9.17) is 21.7 Å². The molecule has 1 fully saturated rings. The van der Waals surface area contributed by atoms with Gasteiger partial charge in [-0.3, -0.25) is 24.0 Å². The Bertz CT molecular complexity index is 740. The normalized spacial score (nSPS) is 18.7. The minimum Gasteiger partial charge on any atom is -0.481 e. The lowest BCUT2D eigenvalue weighted by atomic mass is 10.0. The molecule has 0 radical (unpaired) electrons. The molecule has 1 aliphatic heterocycles. The van der Waals surface area contributed by atoms with Gasteiger partial charge in [0.2, 0.25) is 23.6 Å². The van der Waals surface area contributed by atoms with E-state index in [1.807, 2.05) is 0 Å². The third kappa shape index (κ3) is 7.51. The number of hydrogen-bond acceptors (Lipinski definition) is 7. The first-order valence-electron chi connectivity index (χ1n) is 9.74. The van der Waals surface area contributed by atoms with E-state index < -0.39 is 72.1 Å². The third-order valence-corrected chi connectivity index (χ3v) is 4.82. The van der Waals surface area contributed by atoms with Crippen LogP contribution in [0.3, 0.4) is 0 Å². The molecular weight excluding hydrogens is 414 g/mol. The van der Waals surface area contributed by atoms with Gasteiger partial charge in [0.15, 0.2) is 0 Å². The van der Waals surface area contributed by atoms with Crippen LogP contribution in [-0.4, -0.2) is 81.4 Å². The first-order valence-corrected chi connectivity index (χ1v) is 9.74. The molecule has 31 heavy (non-hydrogen) atoms. The molecule has 4 unspecified atom stereocenters. The van der Waals surface area contributed by atoms with Crippen molar-refractivity contribution in [3.8, 4) is 0 Å². The quantitative estimate of drug-likeness (QED) is 0.196. The zero-order chi connectivity index (χ0) is 23.9. The van der Waals surface area contributed by atoms with Crippen LogP contribution in [0.15, 0.2) is 0 Å². The van der Waals surface area contributed by atoms with Crippen LogP contribution in [0.25, 0.3) is 0 Å². The number of hydrogen-bond donors (Lipinski definition) is 6. The molecule has 0 aromatic heterocycles. The van der Waals surface area contributed by atoms with E-state index >= 15 is 0 Å². The minimum atomic E-state index is -1.67. The Kier molecular flexibility index (Phi) is 9.37. The topological polar surface area (TPSA) is 222 Å². The Labute approximate surface area is 178 Å². The minimum absolute atomic E-state index is 0.238. The second-order valence-electron chi connectivity index (χ2n) is 7.69. The summed E-state index contributed by atoms with van der Waals surface area (Å²) in [5.41, 5.74) is 10.7. The Morgan fingerprint density at radius 3 is 2.16 bits per heavy atom. The van der Waals surface area contributed by atoms with Gasteiger partial charge in [-0.1, -0.05) is 13.8 Å². The number of likely N-dealkylation sites (tertiary alicyclic amines) is 1. The summed E-state index contributed by atoms with van der Waals surface area (Å²) >= 11 is 0. The molecule has 1 heterocycles. The molecule has 0 saturated carbocycles. The first kappa shape index (κ1) is 25.8. The summed E-state index contributed by atoms with van der Waals surface area (Å²) in [5.74, 6) is -6.28. The largest absolute Gasteiger partial charge is 0.481 e. The summed E-state index contributed by atoms with van der Waals surface area (Å²) in [6.45, 7) is 3.46. The van der Waals surface area contributed by atoms with Crippen molar-refractivity contribution in [3.05, 3.63) is 0 Å². The van der Waals surface area contributed by atoms with E-state index in [0.29, 0.717) is 12.8 Å². The summed E-state index contributed by atoms with van der Waals surface area (Å²) < 4.78 is 0. The number of amides is 4. The van der Waals surface area contributed by atoms with Gasteiger partial charge in [0.1, 0.15) is 18.1 Å². The summed E-state index contributed by atoms with van der Waals surface area (Å²) in [7, 11) is 0. The smallest absolute Gasteiger partial charge is 0.326 e.